The molecule has 1 amide bonds. The highest BCUT2D eigenvalue weighted by atomic mass is 16.5. The molecule has 6 nitrogen and oxygen atoms in total. The minimum absolute atomic E-state index is 0.108. The van der Waals surface area contributed by atoms with Crippen molar-refractivity contribution in [2.45, 2.75) is 6.92 Å². The molecule has 0 unspecified atom stereocenters. The summed E-state index contributed by atoms with van der Waals surface area (Å²) in [5.74, 6) is -0.842. The average Bonchev–Trinajstić information content (AvgIpc) is 3.59. The second kappa shape index (κ2) is 17.8. The van der Waals surface area contributed by atoms with Crippen LogP contribution in [-0.2, 0) is 14.3 Å². The molecule has 0 spiro atoms. The third-order valence-electron chi connectivity index (χ3n) is 9.68. The van der Waals surface area contributed by atoms with Crippen molar-refractivity contribution in [1.82, 2.24) is 5.48 Å². The zero-order chi connectivity index (χ0) is 39.6. The molecular formula is C51H39NO5. The van der Waals surface area contributed by atoms with E-state index in [1.807, 2.05) is 165 Å². The van der Waals surface area contributed by atoms with Gasteiger partial charge in [-0.25, -0.2) is 10.3 Å². The Labute approximate surface area is 331 Å². The largest absolute Gasteiger partial charge is 0.463 e. The second-order valence-electron chi connectivity index (χ2n) is 13.2. The number of ether oxygens (including phenoxy) is 1. The van der Waals surface area contributed by atoms with Crippen molar-refractivity contribution in [3.63, 3.8) is 0 Å². The third-order valence-corrected chi connectivity index (χ3v) is 9.68. The van der Waals surface area contributed by atoms with Gasteiger partial charge in [0.25, 0.3) is 5.91 Å². The molecular weight excluding hydrogens is 707 g/mol. The van der Waals surface area contributed by atoms with Gasteiger partial charge in [-0.05, 0) is 73.4 Å². The Morgan fingerprint density at radius 2 is 0.860 bits per heavy atom. The molecule has 0 saturated carbocycles. The summed E-state index contributed by atoms with van der Waals surface area (Å²) in [6.45, 7) is 2.19. The van der Waals surface area contributed by atoms with Crippen molar-refractivity contribution in [2.75, 3.05) is 6.61 Å². The van der Waals surface area contributed by atoms with Gasteiger partial charge in [0.2, 0.25) is 0 Å². The summed E-state index contributed by atoms with van der Waals surface area (Å²) in [7, 11) is 0. The van der Waals surface area contributed by atoms with Crippen LogP contribution < -0.4 is 10.9 Å². The summed E-state index contributed by atoms with van der Waals surface area (Å²) < 4.78 is 5.08. The van der Waals surface area contributed by atoms with Gasteiger partial charge >= 0.3 is 5.97 Å². The van der Waals surface area contributed by atoms with E-state index < -0.39 is 5.91 Å². The smallest absolute Gasteiger partial charge is 0.331 e. The van der Waals surface area contributed by atoms with Crippen molar-refractivity contribution < 1.29 is 19.5 Å². The van der Waals surface area contributed by atoms with E-state index in [-0.39, 0.29) is 11.4 Å². The molecule has 2 N–H and O–H groups in total. The first kappa shape index (κ1) is 37.9. The molecule has 0 saturated heterocycles. The number of nitrogens with one attached hydrogen (secondary N) is 1. The molecule has 6 heteroatoms. The van der Waals surface area contributed by atoms with Crippen LogP contribution in [0.15, 0.2) is 175 Å². The zero-order valence-corrected chi connectivity index (χ0v) is 31.3. The molecule has 0 aliphatic heterocycles. The maximum absolute atomic E-state index is 12.3. The number of amides is 1. The van der Waals surface area contributed by atoms with Gasteiger partial charge in [0.15, 0.2) is 5.43 Å². The van der Waals surface area contributed by atoms with Crippen molar-refractivity contribution >= 4 is 68.9 Å². The molecule has 0 aromatic heterocycles. The maximum atomic E-state index is 12.3. The van der Waals surface area contributed by atoms with E-state index in [0.29, 0.717) is 6.61 Å². The highest BCUT2D eigenvalue weighted by Gasteiger charge is 2.17. The molecule has 0 bridgehead atoms. The van der Waals surface area contributed by atoms with Crippen molar-refractivity contribution in [2.24, 2.45) is 0 Å². The fourth-order valence-corrected chi connectivity index (χ4v) is 7.00. The van der Waals surface area contributed by atoms with Gasteiger partial charge in [0, 0.05) is 22.9 Å². The van der Waals surface area contributed by atoms with E-state index in [1.165, 1.54) is 6.08 Å². The summed E-state index contributed by atoms with van der Waals surface area (Å²) in [5, 5.41) is 12.3. The topological polar surface area (TPSA) is 92.7 Å². The van der Waals surface area contributed by atoms with Gasteiger partial charge in [-0.3, -0.25) is 14.8 Å². The summed E-state index contributed by atoms with van der Waals surface area (Å²) >= 11 is 0. The van der Waals surface area contributed by atoms with E-state index in [1.54, 1.807) is 11.6 Å². The molecule has 9 rings (SSSR count). The van der Waals surface area contributed by atoms with Crippen molar-refractivity contribution in [3.8, 4) is 0 Å². The van der Waals surface area contributed by atoms with Gasteiger partial charge in [0.05, 0.1) is 6.61 Å². The fraction of sp³-hybridized carbons (Fsp3) is 0.0392. The summed E-state index contributed by atoms with van der Waals surface area (Å²) in [5.41, 5.74) is 11.8. The van der Waals surface area contributed by atoms with E-state index in [2.05, 4.69) is 24.3 Å². The SMILES string of the molecule is CCOC(=O)C=C1c2ccccc2C=Cc2ccccc21.O=C(C=C1c2ccccc2C=Cc2ccccc21)NO.O=c1c2ccccc2ccc2ccccc12. The van der Waals surface area contributed by atoms with E-state index in [4.69, 9.17) is 9.94 Å². The van der Waals surface area contributed by atoms with Gasteiger partial charge in [-0.15, -0.1) is 0 Å². The lowest BCUT2D eigenvalue weighted by atomic mass is 9.93. The van der Waals surface area contributed by atoms with Crippen LogP contribution >= 0.6 is 0 Å². The lowest BCUT2D eigenvalue weighted by Crippen LogP contribution is -2.16. The molecule has 7 aromatic carbocycles. The molecule has 7 aromatic rings. The lowest BCUT2D eigenvalue weighted by molar-refractivity contribution is -0.137. The Kier molecular flexibility index (Phi) is 11.8. The van der Waals surface area contributed by atoms with Crippen LogP contribution in [0.2, 0.25) is 0 Å². The number of rotatable bonds is 3. The number of esters is 1. The summed E-state index contributed by atoms with van der Waals surface area (Å²) in [6, 6.07) is 51.3. The number of hydroxylamine groups is 1. The van der Waals surface area contributed by atoms with Gasteiger partial charge in [-0.1, -0.05) is 182 Å². The van der Waals surface area contributed by atoms with Crippen LogP contribution in [0.3, 0.4) is 0 Å². The monoisotopic (exact) mass is 745 g/mol. The molecule has 0 atom stereocenters. The molecule has 2 aliphatic carbocycles. The maximum Gasteiger partial charge on any atom is 0.331 e. The highest BCUT2D eigenvalue weighted by molar-refractivity contribution is 6.03. The van der Waals surface area contributed by atoms with Crippen LogP contribution in [0.4, 0.5) is 0 Å². The molecule has 2 aliphatic rings. The Morgan fingerprint density at radius 1 is 0.509 bits per heavy atom. The first-order valence-corrected chi connectivity index (χ1v) is 18.6. The van der Waals surface area contributed by atoms with Crippen LogP contribution in [0, 0.1) is 0 Å². The lowest BCUT2D eigenvalue weighted by Gasteiger charge is -2.11. The second-order valence-corrected chi connectivity index (χ2v) is 13.2. The van der Waals surface area contributed by atoms with Gasteiger partial charge in [0.1, 0.15) is 0 Å². The number of hydrogen-bond acceptors (Lipinski definition) is 5. The standard InChI is InChI=1S/C19H16O2.C17H13NO2.C15H10O/c1-2-21-19(20)13-18-16-9-5-3-7-14(16)11-12-15-8-4-6-10-17(15)18;19-17(18-20)11-16-14-7-3-1-5-12(14)9-10-13-6-2-4-8-15(13)16;16-15-13-7-3-1-5-11(13)9-10-12-6-2-4-8-14(12)15/h3-13H,2H2,1H3;1-11,20H,(H,18,19);1-10H. The number of hydrogen-bond donors (Lipinski definition) is 2. The third kappa shape index (κ3) is 8.62. The fourth-order valence-electron chi connectivity index (χ4n) is 7.00. The Morgan fingerprint density at radius 3 is 1.25 bits per heavy atom. The number of carbonyl (C=O) groups is 2. The van der Waals surface area contributed by atoms with Crippen molar-refractivity contribution in [3.05, 3.63) is 225 Å². The van der Waals surface area contributed by atoms with Gasteiger partial charge < -0.3 is 4.74 Å². The Bertz CT molecular complexity index is 2650. The first-order valence-electron chi connectivity index (χ1n) is 18.6. The van der Waals surface area contributed by atoms with E-state index in [9.17, 15) is 14.4 Å². The predicted octanol–water partition coefficient (Wildman–Crippen LogP) is 10.6. The van der Waals surface area contributed by atoms with E-state index >= 15 is 0 Å². The van der Waals surface area contributed by atoms with E-state index in [0.717, 1.165) is 77.2 Å². The number of carbonyl (C=O) groups excluding carboxylic acids is 2. The van der Waals surface area contributed by atoms with Gasteiger partial charge in [-0.2, -0.15) is 0 Å². The minimum atomic E-state index is -0.536. The summed E-state index contributed by atoms with van der Waals surface area (Å²) in [6.07, 6.45) is 11.2. The highest BCUT2D eigenvalue weighted by Crippen LogP contribution is 2.35. The Balaban J connectivity index is 0.000000132. The summed E-state index contributed by atoms with van der Waals surface area (Å²) in [4.78, 5) is 35.8. The van der Waals surface area contributed by atoms with Crippen LogP contribution in [0.5, 0.6) is 0 Å². The zero-order valence-electron chi connectivity index (χ0n) is 31.3. The van der Waals surface area contributed by atoms with Crippen LogP contribution in [0.1, 0.15) is 51.4 Å². The Hall–Kier alpha value is -7.41. The minimum Gasteiger partial charge on any atom is -0.463 e. The molecule has 278 valence electrons. The molecule has 0 heterocycles. The average molecular weight is 746 g/mol. The van der Waals surface area contributed by atoms with Crippen molar-refractivity contribution in [1.29, 1.82) is 0 Å². The normalized spacial score (nSPS) is 11.8. The molecule has 0 radical (unpaired) electrons. The molecule has 0 fully saturated rings. The number of fused-ring (bicyclic) bond motifs is 6. The first-order chi connectivity index (χ1) is 27.9. The van der Waals surface area contributed by atoms with Crippen LogP contribution in [-0.4, -0.2) is 23.7 Å². The number of benzene rings is 6. The quantitative estimate of drug-likeness (QED) is 0.0813. The molecule has 57 heavy (non-hydrogen) atoms. The predicted molar refractivity (Wildman–Crippen MR) is 232 cm³/mol. The van der Waals surface area contributed by atoms with Crippen LogP contribution in [0.25, 0.3) is 57.0 Å².